The molecule has 0 saturated heterocycles. The van der Waals surface area contributed by atoms with E-state index in [9.17, 15) is 0 Å². The number of hydrogen-bond acceptors (Lipinski definition) is 2. The molecule has 0 aliphatic carbocycles. The fourth-order valence-electron chi connectivity index (χ4n) is 2.27. The first-order chi connectivity index (χ1) is 10.6. The summed E-state index contributed by atoms with van der Waals surface area (Å²) in [5, 5.41) is 0. The van der Waals surface area contributed by atoms with Crippen molar-refractivity contribution in [1.82, 2.24) is 4.90 Å². The van der Waals surface area contributed by atoms with Crippen molar-refractivity contribution in [3.05, 3.63) is 70.8 Å². The zero-order valence-corrected chi connectivity index (χ0v) is 14.0. The molecule has 2 rings (SSSR count). The maximum Gasteiger partial charge on any atom is 0.127 e. The van der Waals surface area contributed by atoms with Crippen molar-refractivity contribution in [2.24, 2.45) is 0 Å². The molecule has 0 aliphatic rings. The Morgan fingerprint density at radius 2 is 1.59 bits per heavy atom. The molecule has 0 fully saturated rings. The Morgan fingerprint density at radius 1 is 0.955 bits per heavy atom. The monoisotopic (exact) mass is 295 g/mol. The van der Waals surface area contributed by atoms with Gasteiger partial charge in [0.2, 0.25) is 0 Å². The van der Waals surface area contributed by atoms with Crippen molar-refractivity contribution in [3.8, 4) is 0 Å². The molecular weight excluding hydrogens is 270 g/mol. The number of hydrogen-bond donors (Lipinski definition) is 0. The smallest absolute Gasteiger partial charge is 0.127 e. The van der Waals surface area contributed by atoms with Crippen LogP contribution in [0.2, 0.25) is 0 Å². The summed E-state index contributed by atoms with van der Waals surface area (Å²) in [6.07, 6.45) is 2.15. The molecule has 0 atom stereocenters. The lowest BCUT2D eigenvalue weighted by molar-refractivity contribution is 0.233. The molecule has 0 saturated carbocycles. The quantitative estimate of drug-likeness (QED) is 0.579. The molecule has 0 N–H and O–H groups in total. The summed E-state index contributed by atoms with van der Waals surface area (Å²) in [5.41, 5.74) is 4.84. The third kappa shape index (κ3) is 4.47. The lowest BCUT2D eigenvalue weighted by Gasteiger charge is -2.16. The maximum absolute atomic E-state index is 6.10. The highest BCUT2D eigenvalue weighted by Crippen LogP contribution is 2.24. The molecule has 0 radical (unpaired) electrons. The Hall–Kier alpha value is -2.06. The summed E-state index contributed by atoms with van der Waals surface area (Å²) in [7, 11) is 4.11. The second kappa shape index (κ2) is 7.81. The van der Waals surface area contributed by atoms with Gasteiger partial charge in [-0.05, 0) is 50.7 Å². The van der Waals surface area contributed by atoms with Gasteiger partial charge in [-0.1, -0.05) is 48.5 Å². The van der Waals surface area contributed by atoms with Gasteiger partial charge < -0.3 is 9.64 Å². The molecule has 0 bridgehead atoms. The van der Waals surface area contributed by atoms with Crippen molar-refractivity contribution in [1.29, 1.82) is 0 Å². The number of nitrogens with zero attached hydrogens (tertiary/aromatic N) is 1. The topological polar surface area (TPSA) is 12.5 Å². The predicted octanol–water partition coefficient (Wildman–Crippen LogP) is 4.38. The van der Waals surface area contributed by atoms with E-state index in [-0.39, 0.29) is 0 Å². The fourth-order valence-corrected chi connectivity index (χ4v) is 2.27. The van der Waals surface area contributed by atoms with Crippen LogP contribution in [0.15, 0.2) is 48.5 Å². The van der Waals surface area contributed by atoms with Crippen LogP contribution in [0.4, 0.5) is 0 Å². The van der Waals surface area contributed by atoms with Crippen LogP contribution in [0, 0.1) is 13.8 Å². The third-order valence-corrected chi connectivity index (χ3v) is 3.68. The highest BCUT2D eigenvalue weighted by atomic mass is 16.5. The van der Waals surface area contributed by atoms with Crippen LogP contribution in [-0.2, 0) is 4.74 Å². The minimum Gasteiger partial charge on any atom is -0.492 e. The second-order valence-electron chi connectivity index (χ2n) is 5.83. The molecule has 0 aromatic heterocycles. The summed E-state index contributed by atoms with van der Waals surface area (Å²) >= 11 is 0. The number of aryl methyl sites for hydroxylation is 2. The lowest BCUT2D eigenvalue weighted by Crippen LogP contribution is -2.17. The minimum absolute atomic E-state index is 0.680. The molecule has 22 heavy (non-hydrogen) atoms. The summed E-state index contributed by atoms with van der Waals surface area (Å²) in [6.45, 7) is 5.83. The molecular formula is C20H25NO. The van der Waals surface area contributed by atoms with E-state index in [4.69, 9.17) is 4.74 Å². The Balaban J connectivity index is 2.33. The average molecular weight is 295 g/mol. The molecule has 0 aliphatic heterocycles. The molecule has 2 nitrogen and oxygen atoms in total. The van der Waals surface area contributed by atoms with Crippen molar-refractivity contribution >= 4 is 11.8 Å². The van der Waals surface area contributed by atoms with Crippen molar-refractivity contribution < 1.29 is 4.74 Å². The zero-order chi connectivity index (χ0) is 15.9. The van der Waals surface area contributed by atoms with Gasteiger partial charge in [-0.2, -0.15) is 0 Å². The molecule has 116 valence electrons. The van der Waals surface area contributed by atoms with Crippen LogP contribution in [0.1, 0.15) is 22.3 Å². The van der Waals surface area contributed by atoms with Gasteiger partial charge in [0.1, 0.15) is 12.4 Å². The van der Waals surface area contributed by atoms with Crippen LogP contribution in [0.3, 0.4) is 0 Å². The molecule has 2 heteroatoms. The predicted molar refractivity (Wildman–Crippen MR) is 94.7 cm³/mol. The Kier molecular flexibility index (Phi) is 5.79. The fraction of sp³-hybridized carbons (Fsp3) is 0.300. The van der Waals surface area contributed by atoms with Crippen LogP contribution in [0.5, 0.6) is 0 Å². The zero-order valence-electron chi connectivity index (χ0n) is 14.0. The van der Waals surface area contributed by atoms with Gasteiger partial charge in [-0.25, -0.2) is 0 Å². The van der Waals surface area contributed by atoms with Gasteiger partial charge in [-0.3, -0.25) is 0 Å². The molecule has 2 aromatic rings. The van der Waals surface area contributed by atoms with E-state index >= 15 is 0 Å². The van der Waals surface area contributed by atoms with E-state index in [1.807, 2.05) is 0 Å². The molecule has 0 unspecified atom stereocenters. The second-order valence-corrected chi connectivity index (χ2v) is 5.83. The van der Waals surface area contributed by atoms with E-state index in [2.05, 4.69) is 87.4 Å². The molecule has 0 amide bonds. The summed E-state index contributed by atoms with van der Waals surface area (Å²) in [4.78, 5) is 2.13. The SMILES string of the molecule is Cc1ccccc1/C=C(\OCCN(C)C)c1ccccc1C. The Labute approximate surface area is 134 Å². The number of benzene rings is 2. The number of likely N-dealkylation sites (N-methyl/N-ethyl adjacent to an activating group) is 1. The Morgan fingerprint density at radius 3 is 2.23 bits per heavy atom. The van der Waals surface area contributed by atoms with Crippen molar-refractivity contribution in [2.75, 3.05) is 27.2 Å². The molecule has 0 spiro atoms. The largest absolute Gasteiger partial charge is 0.492 e. The van der Waals surface area contributed by atoms with Crippen molar-refractivity contribution in [2.45, 2.75) is 13.8 Å². The van der Waals surface area contributed by atoms with E-state index in [0.717, 1.165) is 17.9 Å². The first-order valence-corrected chi connectivity index (χ1v) is 7.69. The lowest BCUT2D eigenvalue weighted by atomic mass is 10.0. The van der Waals surface area contributed by atoms with Gasteiger partial charge in [0.15, 0.2) is 0 Å². The number of rotatable bonds is 6. The highest BCUT2D eigenvalue weighted by molar-refractivity contribution is 5.79. The molecule has 0 heterocycles. The summed E-state index contributed by atoms with van der Waals surface area (Å²) in [5.74, 6) is 0.939. The Bertz CT molecular complexity index is 644. The highest BCUT2D eigenvalue weighted by Gasteiger charge is 2.07. The van der Waals surface area contributed by atoms with E-state index in [0.29, 0.717) is 6.61 Å². The van der Waals surface area contributed by atoms with Crippen LogP contribution in [0.25, 0.3) is 11.8 Å². The maximum atomic E-state index is 6.10. The van der Waals surface area contributed by atoms with Gasteiger partial charge >= 0.3 is 0 Å². The standard InChI is InChI=1S/C20H25NO/c1-16-9-5-7-11-18(16)15-20(22-14-13-21(3)4)19-12-8-6-10-17(19)2/h5-12,15H,13-14H2,1-4H3/b20-15-. The summed E-state index contributed by atoms with van der Waals surface area (Å²) < 4.78 is 6.10. The van der Waals surface area contributed by atoms with E-state index in [1.54, 1.807) is 0 Å². The first-order valence-electron chi connectivity index (χ1n) is 7.69. The minimum atomic E-state index is 0.680. The third-order valence-electron chi connectivity index (χ3n) is 3.68. The van der Waals surface area contributed by atoms with Gasteiger partial charge in [-0.15, -0.1) is 0 Å². The van der Waals surface area contributed by atoms with Crippen LogP contribution in [-0.4, -0.2) is 32.1 Å². The van der Waals surface area contributed by atoms with Crippen LogP contribution < -0.4 is 0 Å². The van der Waals surface area contributed by atoms with Crippen molar-refractivity contribution in [3.63, 3.8) is 0 Å². The van der Waals surface area contributed by atoms with Crippen LogP contribution >= 0.6 is 0 Å². The molecule has 2 aromatic carbocycles. The summed E-state index contributed by atoms with van der Waals surface area (Å²) in [6, 6.07) is 16.7. The van der Waals surface area contributed by atoms with Gasteiger partial charge in [0.25, 0.3) is 0 Å². The normalized spacial score (nSPS) is 11.8. The van der Waals surface area contributed by atoms with Gasteiger partial charge in [0, 0.05) is 12.1 Å². The first kappa shape index (κ1) is 16.3. The number of ether oxygens (including phenoxy) is 1. The van der Waals surface area contributed by atoms with E-state index in [1.165, 1.54) is 16.7 Å². The van der Waals surface area contributed by atoms with Gasteiger partial charge in [0.05, 0.1) is 0 Å². The average Bonchev–Trinajstić information content (AvgIpc) is 2.48. The van der Waals surface area contributed by atoms with E-state index < -0.39 is 0 Å².